The van der Waals surface area contributed by atoms with Crippen molar-refractivity contribution >= 4 is 5.91 Å². The zero-order chi connectivity index (χ0) is 16.0. The van der Waals surface area contributed by atoms with Crippen LogP contribution in [0, 0.1) is 17.3 Å². The second kappa shape index (κ2) is 5.52. The van der Waals surface area contributed by atoms with E-state index < -0.39 is 5.54 Å². The summed E-state index contributed by atoms with van der Waals surface area (Å²) in [6.07, 6.45) is 1.01. The zero-order valence-corrected chi connectivity index (χ0v) is 14.3. The average molecular weight is 297 g/mol. The first-order chi connectivity index (χ1) is 9.62. The fourth-order valence-corrected chi connectivity index (χ4v) is 3.95. The summed E-state index contributed by atoms with van der Waals surface area (Å²) in [5, 5.41) is 3.20. The Morgan fingerprint density at radius 2 is 2.05 bits per heavy atom. The van der Waals surface area contributed by atoms with Crippen LogP contribution in [0.3, 0.4) is 0 Å². The van der Waals surface area contributed by atoms with E-state index in [1.165, 1.54) is 0 Å². The van der Waals surface area contributed by atoms with Gasteiger partial charge in [0.05, 0.1) is 6.10 Å². The first-order valence-electron chi connectivity index (χ1n) is 7.98. The molecule has 1 heterocycles. The van der Waals surface area contributed by atoms with Gasteiger partial charge < -0.3 is 20.7 Å². The van der Waals surface area contributed by atoms with Crippen molar-refractivity contribution in [2.45, 2.75) is 51.8 Å². The summed E-state index contributed by atoms with van der Waals surface area (Å²) in [4.78, 5) is 15.0. The summed E-state index contributed by atoms with van der Waals surface area (Å²) in [6.45, 7) is 9.90. The van der Waals surface area contributed by atoms with Gasteiger partial charge in [-0.2, -0.15) is 0 Å². The van der Waals surface area contributed by atoms with Gasteiger partial charge in [0.1, 0.15) is 5.54 Å². The van der Waals surface area contributed by atoms with Crippen LogP contribution in [-0.2, 0) is 9.53 Å². The largest absolute Gasteiger partial charge is 0.377 e. The van der Waals surface area contributed by atoms with Crippen molar-refractivity contribution in [3.8, 4) is 0 Å². The molecule has 2 rings (SSSR count). The highest BCUT2D eigenvalue weighted by Crippen LogP contribution is 2.58. The van der Waals surface area contributed by atoms with Crippen LogP contribution >= 0.6 is 0 Å². The van der Waals surface area contributed by atoms with Crippen molar-refractivity contribution in [1.82, 2.24) is 10.2 Å². The van der Waals surface area contributed by atoms with Gasteiger partial charge >= 0.3 is 0 Å². The van der Waals surface area contributed by atoms with Gasteiger partial charge in [-0.1, -0.05) is 27.7 Å². The molecule has 1 saturated carbocycles. The van der Waals surface area contributed by atoms with Gasteiger partial charge in [0.2, 0.25) is 5.91 Å². The van der Waals surface area contributed by atoms with E-state index >= 15 is 0 Å². The first kappa shape index (κ1) is 16.7. The molecule has 1 aliphatic carbocycles. The highest BCUT2D eigenvalue weighted by Gasteiger charge is 2.71. The van der Waals surface area contributed by atoms with E-state index in [0.29, 0.717) is 5.92 Å². The number of ether oxygens (including phenoxy) is 1. The van der Waals surface area contributed by atoms with Crippen molar-refractivity contribution in [1.29, 1.82) is 0 Å². The van der Waals surface area contributed by atoms with Crippen LogP contribution in [0.4, 0.5) is 0 Å². The molecule has 0 aromatic heterocycles. The number of rotatable bonds is 5. The van der Waals surface area contributed by atoms with E-state index in [4.69, 9.17) is 10.5 Å². The lowest BCUT2D eigenvalue weighted by Gasteiger charge is -2.61. The SMILES string of the molecule is CC(C)C(CN(C)C)NC(=O)C1(N)C2CCOC2C1(C)C. The number of carbonyl (C=O) groups is 1. The van der Waals surface area contributed by atoms with E-state index in [-0.39, 0.29) is 29.4 Å². The van der Waals surface area contributed by atoms with Crippen molar-refractivity contribution < 1.29 is 9.53 Å². The third kappa shape index (κ3) is 2.49. The Morgan fingerprint density at radius 1 is 1.43 bits per heavy atom. The third-order valence-corrected chi connectivity index (χ3v) is 5.51. The van der Waals surface area contributed by atoms with Crippen LogP contribution in [0.1, 0.15) is 34.1 Å². The molecule has 5 heteroatoms. The second-order valence-corrected chi connectivity index (χ2v) is 7.86. The average Bonchev–Trinajstić information content (AvgIpc) is 2.84. The molecule has 122 valence electrons. The van der Waals surface area contributed by atoms with Crippen LogP contribution < -0.4 is 11.1 Å². The molecular weight excluding hydrogens is 266 g/mol. The van der Waals surface area contributed by atoms with Gasteiger partial charge in [0, 0.05) is 30.5 Å². The standard InChI is InChI=1S/C16H31N3O2/c1-10(2)12(9-19(5)6)18-14(20)16(17)11-7-8-21-13(11)15(16,3)4/h10-13H,7-9,17H2,1-6H3,(H,18,20). The molecule has 5 nitrogen and oxygen atoms in total. The Labute approximate surface area is 128 Å². The fraction of sp³-hybridized carbons (Fsp3) is 0.938. The van der Waals surface area contributed by atoms with Gasteiger partial charge in [0.15, 0.2) is 0 Å². The minimum Gasteiger partial charge on any atom is -0.377 e. The van der Waals surface area contributed by atoms with Gasteiger partial charge in [-0.15, -0.1) is 0 Å². The Morgan fingerprint density at radius 3 is 2.57 bits per heavy atom. The molecule has 1 saturated heterocycles. The molecule has 4 unspecified atom stereocenters. The topological polar surface area (TPSA) is 67.6 Å². The van der Waals surface area contributed by atoms with E-state index in [2.05, 4.69) is 37.9 Å². The van der Waals surface area contributed by atoms with E-state index in [1.807, 2.05) is 14.1 Å². The molecule has 3 N–H and O–H groups in total. The number of nitrogens with two attached hydrogens (primary N) is 1. The molecule has 0 bridgehead atoms. The van der Waals surface area contributed by atoms with Crippen molar-refractivity contribution in [2.75, 3.05) is 27.2 Å². The Kier molecular flexibility index (Phi) is 4.40. The number of nitrogens with zero attached hydrogens (tertiary/aromatic N) is 1. The molecule has 0 aromatic rings. The smallest absolute Gasteiger partial charge is 0.241 e. The van der Waals surface area contributed by atoms with Crippen LogP contribution in [0.25, 0.3) is 0 Å². The Hall–Kier alpha value is -0.650. The van der Waals surface area contributed by atoms with Gasteiger partial charge in [-0.25, -0.2) is 0 Å². The number of carbonyl (C=O) groups excluding carboxylic acids is 1. The summed E-state index contributed by atoms with van der Waals surface area (Å²) in [6, 6.07) is 0.116. The van der Waals surface area contributed by atoms with Crippen LogP contribution in [0.5, 0.6) is 0 Å². The van der Waals surface area contributed by atoms with Crippen molar-refractivity contribution in [3.05, 3.63) is 0 Å². The number of likely N-dealkylation sites (N-methyl/N-ethyl adjacent to an activating group) is 1. The summed E-state index contributed by atoms with van der Waals surface area (Å²) in [7, 11) is 4.04. The Balaban J connectivity index is 2.11. The highest BCUT2D eigenvalue weighted by molar-refractivity contribution is 5.89. The predicted molar refractivity (Wildman–Crippen MR) is 83.9 cm³/mol. The lowest BCUT2D eigenvalue weighted by molar-refractivity contribution is -0.176. The molecule has 1 amide bonds. The lowest BCUT2D eigenvalue weighted by Crippen LogP contribution is -2.80. The molecular formula is C16H31N3O2. The third-order valence-electron chi connectivity index (χ3n) is 5.51. The van der Waals surface area contributed by atoms with Crippen LogP contribution in [0.2, 0.25) is 0 Å². The molecule has 21 heavy (non-hydrogen) atoms. The predicted octanol–water partition coefficient (Wildman–Crippen LogP) is 0.831. The van der Waals surface area contributed by atoms with Crippen molar-refractivity contribution in [3.63, 3.8) is 0 Å². The first-order valence-corrected chi connectivity index (χ1v) is 7.98. The quantitative estimate of drug-likeness (QED) is 0.789. The maximum atomic E-state index is 12.9. The highest BCUT2D eigenvalue weighted by atomic mass is 16.5. The molecule has 1 aliphatic heterocycles. The van der Waals surface area contributed by atoms with E-state index in [0.717, 1.165) is 19.6 Å². The molecule has 4 atom stereocenters. The van der Waals surface area contributed by atoms with Crippen LogP contribution in [0.15, 0.2) is 0 Å². The lowest BCUT2D eigenvalue weighted by atomic mass is 9.48. The normalized spacial score (nSPS) is 35.5. The van der Waals surface area contributed by atoms with Gasteiger partial charge in [-0.3, -0.25) is 4.79 Å². The molecule has 0 spiro atoms. The Bertz CT molecular complexity index is 408. The minimum atomic E-state index is -0.812. The minimum absolute atomic E-state index is 0.0141. The number of hydrogen-bond donors (Lipinski definition) is 2. The number of hydrogen-bond acceptors (Lipinski definition) is 4. The summed E-state index contributed by atoms with van der Waals surface area (Å²) in [5.74, 6) is 0.512. The van der Waals surface area contributed by atoms with Crippen LogP contribution in [-0.4, -0.2) is 55.7 Å². The molecule has 2 aliphatic rings. The second-order valence-electron chi connectivity index (χ2n) is 7.86. The molecule has 0 radical (unpaired) electrons. The maximum Gasteiger partial charge on any atom is 0.241 e. The number of nitrogens with one attached hydrogen (secondary N) is 1. The van der Waals surface area contributed by atoms with Crippen molar-refractivity contribution in [2.24, 2.45) is 23.0 Å². The summed E-state index contributed by atoms with van der Waals surface area (Å²) in [5.41, 5.74) is 5.46. The fourth-order valence-electron chi connectivity index (χ4n) is 3.95. The van der Waals surface area contributed by atoms with E-state index in [9.17, 15) is 4.79 Å². The number of fused-ring (bicyclic) bond motifs is 1. The molecule has 2 fully saturated rings. The summed E-state index contributed by atoms with van der Waals surface area (Å²) >= 11 is 0. The maximum absolute atomic E-state index is 12.9. The summed E-state index contributed by atoms with van der Waals surface area (Å²) < 4.78 is 5.76. The van der Waals surface area contributed by atoms with Gasteiger partial charge in [0.25, 0.3) is 0 Å². The molecule has 0 aromatic carbocycles. The zero-order valence-electron chi connectivity index (χ0n) is 14.3. The number of amides is 1. The van der Waals surface area contributed by atoms with E-state index in [1.54, 1.807) is 0 Å². The van der Waals surface area contributed by atoms with Gasteiger partial charge in [-0.05, 0) is 26.4 Å². The monoisotopic (exact) mass is 297 g/mol.